The largest absolute Gasteiger partial charge is 0.478 e. The average Bonchev–Trinajstić information content (AvgIpc) is 2.54. The highest BCUT2D eigenvalue weighted by Gasteiger charge is 2.36. The number of hydrogen-bond donors (Lipinski definition) is 2. The third-order valence-electron chi connectivity index (χ3n) is 4.18. The third kappa shape index (κ3) is 2.21. The number of carbonyl (C=O) groups excluding carboxylic acids is 1. The van der Waals surface area contributed by atoms with E-state index in [0.29, 0.717) is 17.7 Å². The normalized spacial score (nSPS) is 13.4. The maximum Gasteiger partial charge on any atom is 0.336 e. The number of carbonyl (C=O) groups is 2. The molecular weight excluding hydrogens is 294 g/mol. The number of benzene rings is 2. The van der Waals surface area contributed by atoms with E-state index in [4.69, 9.17) is 0 Å². The fourth-order valence-electron chi connectivity index (χ4n) is 3.13. The first-order chi connectivity index (χ1) is 11.0. The van der Waals surface area contributed by atoms with Crippen LogP contribution in [0.4, 0.5) is 5.69 Å². The minimum absolute atomic E-state index is 0.0231. The Balaban J connectivity index is 2.22. The van der Waals surface area contributed by atoms with Crippen LogP contribution < -0.4 is 4.90 Å². The molecule has 118 valence electrons. The molecule has 5 nitrogen and oxygen atoms in total. The number of aromatic carboxylic acids is 1. The molecule has 3 rings (SSSR count). The Bertz CT molecular complexity index is 811. The first-order valence-electron chi connectivity index (χ1n) is 7.46. The van der Waals surface area contributed by atoms with Gasteiger partial charge in [0.1, 0.15) is 6.23 Å². The molecule has 0 aromatic heterocycles. The summed E-state index contributed by atoms with van der Waals surface area (Å²) in [7, 11) is 0. The molecule has 0 saturated heterocycles. The van der Waals surface area contributed by atoms with Crippen molar-refractivity contribution in [3.05, 3.63) is 53.1 Å². The highest BCUT2D eigenvalue weighted by Crippen LogP contribution is 2.44. The maximum atomic E-state index is 12.1. The van der Waals surface area contributed by atoms with E-state index in [1.165, 1.54) is 6.07 Å². The van der Waals surface area contributed by atoms with E-state index in [1.807, 2.05) is 31.2 Å². The van der Waals surface area contributed by atoms with E-state index in [-0.39, 0.29) is 16.9 Å². The quantitative estimate of drug-likeness (QED) is 0.708. The van der Waals surface area contributed by atoms with Gasteiger partial charge < -0.3 is 15.1 Å². The van der Waals surface area contributed by atoms with Crippen molar-refractivity contribution in [1.82, 2.24) is 0 Å². The Morgan fingerprint density at radius 3 is 2.39 bits per heavy atom. The SMILES string of the molecule is CCN(c1ccccc1-c1c2ccc(C(=O)O)c1C2=O)C(C)O. The van der Waals surface area contributed by atoms with Crippen molar-refractivity contribution in [2.75, 3.05) is 11.4 Å². The average molecular weight is 311 g/mol. The predicted molar refractivity (Wildman–Crippen MR) is 87.0 cm³/mol. The van der Waals surface area contributed by atoms with Gasteiger partial charge in [-0.2, -0.15) is 0 Å². The lowest BCUT2D eigenvalue weighted by Gasteiger charge is -2.31. The monoisotopic (exact) mass is 311 g/mol. The van der Waals surface area contributed by atoms with E-state index < -0.39 is 12.2 Å². The molecule has 23 heavy (non-hydrogen) atoms. The van der Waals surface area contributed by atoms with Crippen molar-refractivity contribution in [2.45, 2.75) is 20.1 Å². The molecule has 0 heterocycles. The molecule has 1 atom stereocenters. The second-order valence-electron chi connectivity index (χ2n) is 5.48. The van der Waals surface area contributed by atoms with E-state index in [0.717, 1.165) is 11.3 Å². The van der Waals surface area contributed by atoms with Gasteiger partial charge in [-0.15, -0.1) is 0 Å². The number of anilines is 1. The van der Waals surface area contributed by atoms with Crippen LogP contribution in [0, 0.1) is 0 Å². The molecule has 1 aliphatic carbocycles. The molecule has 2 aromatic carbocycles. The zero-order valence-electron chi connectivity index (χ0n) is 12.9. The Labute approximate surface area is 133 Å². The first kappa shape index (κ1) is 15.2. The van der Waals surface area contributed by atoms with Crippen molar-refractivity contribution in [3.63, 3.8) is 0 Å². The lowest BCUT2D eigenvalue weighted by molar-refractivity contribution is 0.0691. The van der Waals surface area contributed by atoms with Crippen molar-refractivity contribution in [1.29, 1.82) is 0 Å². The molecule has 2 aromatic rings. The summed E-state index contributed by atoms with van der Waals surface area (Å²) in [5.74, 6) is -1.34. The molecule has 5 heteroatoms. The van der Waals surface area contributed by atoms with Gasteiger partial charge in [-0.3, -0.25) is 4.79 Å². The van der Waals surface area contributed by atoms with Crippen molar-refractivity contribution in [2.24, 2.45) is 0 Å². The van der Waals surface area contributed by atoms with Gasteiger partial charge >= 0.3 is 5.97 Å². The van der Waals surface area contributed by atoms with Crippen LogP contribution >= 0.6 is 0 Å². The molecule has 0 aliphatic heterocycles. The number of para-hydroxylation sites is 1. The van der Waals surface area contributed by atoms with E-state index in [1.54, 1.807) is 17.9 Å². The van der Waals surface area contributed by atoms with E-state index in [9.17, 15) is 19.8 Å². The summed E-state index contributed by atoms with van der Waals surface area (Å²) in [5.41, 5.74) is 3.01. The highest BCUT2D eigenvalue weighted by atomic mass is 16.4. The van der Waals surface area contributed by atoms with Crippen LogP contribution in [0.5, 0.6) is 0 Å². The molecule has 1 unspecified atom stereocenters. The number of carboxylic acid groups (broad SMARTS) is 1. The molecular formula is C18H17NO4. The summed E-state index contributed by atoms with van der Waals surface area (Å²) in [4.78, 5) is 25.3. The van der Waals surface area contributed by atoms with Gasteiger partial charge in [0.2, 0.25) is 0 Å². The number of hydrogen-bond acceptors (Lipinski definition) is 4. The van der Waals surface area contributed by atoms with Gasteiger partial charge in [0.15, 0.2) is 5.78 Å². The minimum atomic E-state index is -1.11. The number of nitrogens with zero attached hydrogens (tertiary/aromatic N) is 1. The summed E-state index contributed by atoms with van der Waals surface area (Å²) < 4.78 is 0. The van der Waals surface area contributed by atoms with Gasteiger partial charge in [0, 0.05) is 34.5 Å². The van der Waals surface area contributed by atoms with Gasteiger partial charge in [0.05, 0.1) is 5.56 Å². The lowest BCUT2D eigenvalue weighted by atomic mass is 9.76. The minimum Gasteiger partial charge on any atom is -0.478 e. The summed E-state index contributed by atoms with van der Waals surface area (Å²) in [5, 5.41) is 19.3. The first-order valence-corrected chi connectivity index (χ1v) is 7.46. The number of aliphatic hydroxyl groups is 1. The predicted octanol–water partition coefficient (Wildman–Crippen LogP) is 2.76. The van der Waals surface area contributed by atoms with Crippen molar-refractivity contribution < 1.29 is 19.8 Å². The van der Waals surface area contributed by atoms with Crippen LogP contribution in [-0.4, -0.2) is 34.7 Å². The zero-order valence-corrected chi connectivity index (χ0v) is 12.9. The molecule has 0 saturated carbocycles. The molecule has 1 aliphatic rings. The maximum absolute atomic E-state index is 12.1. The second kappa shape index (κ2) is 5.52. The Morgan fingerprint density at radius 2 is 1.83 bits per heavy atom. The lowest BCUT2D eigenvalue weighted by Crippen LogP contribution is -2.33. The van der Waals surface area contributed by atoms with Crippen LogP contribution in [0.1, 0.15) is 40.1 Å². The molecule has 2 bridgehead atoms. The molecule has 0 fully saturated rings. The standard InChI is InChI=1S/C18H17NO4/c1-3-19(10(2)20)14-7-5-4-6-11(14)15-12-8-9-13(18(22)23)16(15)17(12)21/h4-10,20H,3H2,1-2H3,(H,22,23). The number of ketones is 1. The topological polar surface area (TPSA) is 77.8 Å². The van der Waals surface area contributed by atoms with Gasteiger partial charge in [0.25, 0.3) is 0 Å². The molecule has 2 N–H and O–H groups in total. The second-order valence-corrected chi connectivity index (χ2v) is 5.48. The Hall–Kier alpha value is -2.66. The van der Waals surface area contributed by atoms with Gasteiger partial charge in [-0.1, -0.05) is 18.2 Å². The summed E-state index contributed by atoms with van der Waals surface area (Å²) in [6.07, 6.45) is -0.689. The fraction of sp³-hybridized carbons (Fsp3) is 0.222. The summed E-state index contributed by atoms with van der Waals surface area (Å²) >= 11 is 0. The molecule has 0 amide bonds. The third-order valence-corrected chi connectivity index (χ3v) is 4.18. The number of rotatable bonds is 5. The van der Waals surface area contributed by atoms with Crippen LogP contribution in [0.15, 0.2) is 36.4 Å². The molecule has 0 radical (unpaired) electrons. The Kier molecular flexibility index (Phi) is 3.66. The van der Waals surface area contributed by atoms with Gasteiger partial charge in [-0.05, 0) is 32.0 Å². The molecule has 0 spiro atoms. The van der Waals surface area contributed by atoms with Crippen LogP contribution in [-0.2, 0) is 0 Å². The smallest absolute Gasteiger partial charge is 0.336 e. The van der Waals surface area contributed by atoms with Crippen LogP contribution in [0.25, 0.3) is 11.1 Å². The number of carboxylic acids is 1. The summed E-state index contributed by atoms with van der Waals surface area (Å²) in [6, 6.07) is 10.4. The van der Waals surface area contributed by atoms with Crippen LogP contribution in [0.2, 0.25) is 0 Å². The number of aliphatic hydroxyl groups excluding tert-OH is 1. The zero-order chi connectivity index (χ0) is 16.7. The highest BCUT2D eigenvalue weighted by molar-refractivity contribution is 6.30. The Morgan fingerprint density at radius 1 is 1.13 bits per heavy atom. The van der Waals surface area contributed by atoms with Gasteiger partial charge in [-0.25, -0.2) is 4.79 Å². The van der Waals surface area contributed by atoms with Crippen molar-refractivity contribution in [3.8, 4) is 11.1 Å². The van der Waals surface area contributed by atoms with Crippen molar-refractivity contribution >= 4 is 17.4 Å². The van der Waals surface area contributed by atoms with E-state index in [2.05, 4.69) is 0 Å². The van der Waals surface area contributed by atoms with E-state index >= 15 is 0 Å². The fourth-order valence-corrected chi connectivity index (χ4v) is 3.13. The summed E-state index contributed by atoms with van der Waals surface area (Å²) in [6.45, 7) is 4.19. The number of fused-ring (bicyclic) bond motifs is 2. The van der Waals surface area contributed by atoms with Crippen LogP contribution in [0.3, 0.4) is 0 Å².